The summed E-state index contributed by atoms with van der Waals surface area (Å²) in [5.74, 6) is -0.171. The molecule has 52 heavy (non-hydrogen) atoms. The van der Waals surface area contributed by atoms with Crippen molar-refractivity contribution in [1.29, 1.82) is 0 Å². The number of nitrogens with zero attached hydrogens (tertiary/aromatic N) is 5. The lowest BCUT2D eigenvalue weighted by atomic mass is 9.81. The summed E-state index contributed by atoms with van der Waals surface area (Å²) in [6, 6.07) is 10.9. The highest BCUT2D eigenvalue weighted by atomic mass is 79.9. The van der Waals surface area contributed by atoms with E-state index in [1.807, 2.05) is 29.2 Å². The van der Waals surface area contributed by atoms with Crippen LogP contribution in [0.4, 0.5) is 15.3 Å². The van der Waals surface area contributed by atoms with E-state index in [2.05, 4.69) is 57.4 Å². The van der Waals surface area contributed by atoms with Crippen LogP contribution < -0.4 is 15.9 Å². The number of amides is 4. The molecule has 0 radical (unpaired) electrons. The van der Waals surface area contributed by atoms with Gasteiger partial charge in [0.05, 0.1) is 35.6 Å². The number of urea groups is 1. The summed E-state index contributed by atoms with van der Waals surface area (Å²) in [5, 5.41) is 27.3. The summed E-state index contributed by atoms with van der Waals surface area (Å²) in [6.07, 6.45) is 2.38. The van der Waals surface area contributed by atoms with Gasteiger partial charge in [-0.15, -0.1) is 0 Å². The number of hydrogen-bond donors (Lipinski definition) is 3. The molecule has 6 rings (SSSR count). The number of nitrogens with one attached hydrogen (secondary N) is 2. The zero-order valence-corrected chi connectivity index (χ0v) is 32.6. The van der Waals surface area contributed by atoms with E-state index in [1.165, 1.54) is 7.11 Å². The number of para-hydroxylation sites is 1. The van der Waals surface area contributed by atoms with Crippen LogP contribution in [-0.2, 0) is 27.4 Å². The third kappa shape index (κ3) is 7.74. The van der Waals surface area contributed by atoms with Crippen molar-refractivity contribution in [3.05, 3.63) is 56.5 Å². The first-order chi connectivity index (χ1) is 25.0. The summed E-state index contributed by atoms with van der Waals surface area (Å²) < 4.78 is 0.338. The highest BCUT2D eigenvalue weighted by molar-refractivity contribution is 9.11. The molecule has 0 bridgehead atoms. The summed E-state index contributed by atoms with van der Waals surface area (Å²) in [6.45, 7) is 5.15. The van der Waals surface area contributed by atoms with Gasteiger partial charge in [0.1, 0.15) is 18.6 Å². The molecular weight excluding hydrogens is 802 g/mol. The summed E-state index contributed by atoms with van der Waals surface area (Å²) in [7, 11) is 1.42. The minimum atomic E-state index is -1.27. The van der Waals surface area contributed by atoms with E-state index in [4.69, 9.17) is 4.84 Å². The number of fused-ring (bicyclic) bond motifs is 1. The number of anilines is 1. The van der Waals surface area contributed by atoms with Crippen molar-refractivity contribution in [2.24, 2.45) is 0 Å². The van der Waals surface area contributed by atoms with Crippen LogP contribution in [0.1, 0.15) is 43.2 Å². The van der Waals surface area contributed by atoms with Gasteiger partial charge < -0.3 is 30.0 Å². The molecule has 4 amide bonds. The number of carbonyl (C=O) groups is 4. The maximum atomic E-state index is 13.8. The van der Waals surface area contributed by atoms with Crippen LogP contribution in [0.25, 0.3) is 0 Å². The van der Waals surface area contributed by atoms with Crippen molar-refractivity contribution >= 4 is 61.9 Å². The number of halogens is 2. The molecule has 3 atom stereocenters. The number of carbonyl (C=O) groups excluding carboxylic acids is 4. The largest absolute Gasteiger partial charge is 0.506 e. The second kappa shape index (κ2) is 16.5. The van der Waals surface area contributed by atoms with Gasteiger partial charge in [-0.2, -0.15) is 0 Å². The predicted molar refractivity (Wildman–Crippen MR) is 198 cm³/mol. The maximum absolute atomic E-state index is 13.8. The number of hydrogen-bond acceptors (Lipinski definition) is 10. The fourth-order valence-electron chi connectivity index (χ4n) is 9.01. The van der Waals surface area contributed by atoms with Crippen molar-refractivity contribution in [3.63, 3.8) is 0 Å². The van der Waals surface area contributed by atoms with E-state index in [0.29, 0.717) is 47.0 Å². The Kier molecular flexibility index (Phi) is 12.2. The smallest absolute Gasteiger partial charge is 0.322 e. The number of hydroxylamine groups is 1. The molecule has 0 aliphatic carbocycles. The fraction of sp³-hybridized carbons (Fsp3) is 0.556. The van der Waals surface area contributed by atoms with E-state index in [9.17, 15) is 29.4 Å². The molecule has 2 unspecified atom stereocenters. The highest BCUT2D eigenvalue weighted by Crippen LogP contribution is 2.46. The first-order valence-electron chi connectivity index (χ1n) is 17.9. The molecule has 2 aromatic rings. The summed E-state index contributed by atoms with van der Waals surface area (Å²) in [5.41, 5.74) is 3.63. The van der Waals surface area contributed by atoms with Gasteiger partial charge in [-0.3, -0.25) is 28.8 Å². The molecule has 2 aromatic carbocycles. The number of quaternary nitrogens is 1. The topological polar surface area (TPSA) is 158 Å². The molecular formula is C36H47Br2N7O7. The number of benzene rings is 2. The third-order valence-electron chi connectivity index (χ3n) is 11.6. The molecule has 3 saturated heterocycles. The van der Waals surface area contributed by atoms with E-state index < -0.39 is 16.2 Å². The monoisotopic (exact) mass is 847 g/mol. The van der Waals surface area contributed by atoms with Crippen LogP contribution in [0.15, 0.2) is 45.3 Å². The quantitative estimate of drug-likeness (QED) is 0.185. The molecule has 282 valence electrons. The van der Waals surface area contributed by atoms with Crippen molar-refractivity contribution < 1.29 is 38.7 Å². The Morgan fingerprint density at radius 3 is 2.40 bits per heavy atom. The predicted octanol–water partition coefficient (Wildman–Crippen LogP) is 2.87. The first-order valence-corrected chi connectivity index (χ1v) is 19.5. The van der Waals surface area contributed by atoms with Gasteiger partial charge in [-0.25, -0.2) is 10.3 Å². The van der Waals surface area contributed by atoms with Gasteiger partial charge in [0.2, 0.25) is 0 Å². The molecule has 4 aliphatic heterocycles. The van der Waals surface area contributed by atoms with Gasteiger partial charge in [0, 0.05) is 82.0 Å². The van der Waals surface area contributed by atoms with Crippen LogP contribution >= 0.6 is 31.9 Å². The molecule has 0 spiro atoms. The molecule has 4 heterocycles. The van der Waals surface area contributed by atoms with E-state index in [0.717, 1.165) is 56.6 Å². The number of aromatic hydroxyl groups is 1. The van der Waals surface area contributed by atoms with Crippen LogP contribution in [0.5, 0.6) is 5.75 Å². The van der Waals surface area contributed by atoms with Gasteiger partial charge in [0.25, 0.3) is 12.0 Å². The number of piperazine rings is 1. The average Bonchev–Trinajstić information content (AvgIpc) is 3.30. The summed E-state index contributed by atoms with van der Waals surface area (Å²) >= 11 is 6.81. The molecule has 16 heteroatoms. The van der Waals surface area contributed by atoms with Gasteiger partial charge in [-0.05, 0) is 74.9 Å². The Bertz CT molecular complexity index is 1630. The highest BCUT2D eigenvalue weighted by Gasteiger charge is 2.61. The number of carboxylic acid groups (broad SMARTS) is 1. The minimum absolute atomic E-state index is 0.0101. The average molecular weight is 850 g/mol. The fourth-order valence-corrected chi connectivity index (χ4v) is 10.3. The lowest BCUT2D eigenvalue weighted by Crippen LogP contribution is -2.80. The Hall–Kier alpha value is -3.12. The maximum Gasteiger partial charge on any atom is 0.322 e. The van der Waals surface area contributed by atoms with Crippen LogP contribution in [0, 0.1) is 0 Å². The molecule has 3 fully saturated rings. The molecule has 4 aliphatic rings. The number of phenolic OH excluding ortho intramolecular Hbond substituents is 1. The lowest BCUT2D eigenvalue weighted by Gasteiger charge is -2.62. The Balaban J connectivity index is 1.28. The summed E-state index contributed by atoms with van der Waals surface area (Å²) in [4.78, 5) is 65.7. The second-order valence-electron chi connectivity index (χ2n) is 14.3. The van der Waals surface area contributed by atoms with E-state index in [1.54, 1.807) is 12.1 Å². The van der Waals surface area contributed by atoms with Crippen LogP contribution in [-0.4, -0.2) is 137 Å². The SMILES string of the molecule is CONC(=O)CN1CCN(C2CCN(C3(CC=O)CC(N4CCc5ccccc5NC4=O)CC[N@+]3(Cc3cc(Br)c(O)c(Br)c3)C(=O)[O-])CC2)CC1. The minimum Gasteiger partial charge on any atom is -0.506 e. The number of aldehydes is 1. The van der Waals surface area contributed by atoms with Crippen molar-refractivity contribution in [1.82, 2.24) is 25.1 Å². The van der Waals surface area contributed by atoms with Crippen molar-refractivity contribution in [2.75, 3.05) is 71.3 Å². The second-order valence-corrected chi connectivity index (χ2v) is 16.0. The van der Waals surface area contributed by atoms with Crippen molar-refractivity contribution in [3.8, 4) is 5.75 Å². The zero-order chi connectivity index (χ0) is 37.0. The van der Waals surface area contributed by atoms with E-state index in [-0.39, 0.29) is 62.2 Å². The number of phenols is 1. The van der Waals surface area contributed by atoms with Crippen molar-refractivity contribution in [2.45, 2.75) is 62.8 Å². The van der Waals surface area contributed by atoms with Crippen LogP contribution in [0.3, 0.4) is 0 Å². The van der Waals surface area contributed by atoms with Gasteiger partial charge >= 0.3 is 6.03 Å². The molecule has 14 nitrogen and oxygen atoms in total. The number of rotatable bonds is 10. The zero-order valence-electron chi connectivity index (χ0n) is 29.4. The Labute approximate surface area is 320 Å². The van der Waals surface area contributed by atoms with E-state index >= 15 is 0 Å². The third-order valence-corrected chi connectivity index (χ3v) is 12.8. The normalized spacial score (nSPS) is 26.6. The lowest BCUT2D eigenvalue weighted by molar-refractivity contribution is -0.956. The molecule has 3 N–H and O–H groups in total. The molecule has 0 saturated carbocycles. The van der Waals surface area contributed by atoms with Gasteiger partial charge in [-0.1, -0.05) is 18.2 Å². The number of likely N-dealkylation sites (tertiary alicyclic amines) is 2. The Morgan fingerprint density at radius 1 is 1.06 bits per heavy atom. The standard InChI is InChI=1S/C36H47Br2N7O7/c1-52-40-32(47)23-41-14-16-42(17-15-41)27-7-11-43(12-8-27)36(10-19-46)22-28(44-13-6-26-4-2-3-5-31(26)39-34(44)49)9-18-45(36,35(50)51)24-25-20-29(37)33(48)30(38)21-25/h2-5,19-21,27-28H,6-18,22-24H2,1H3,(H3-,39,40,47,48,49,50,51)/t28?,36?,45-/m0/s1. The molecule has 0 aromatic heterocycles. The first kappa shape index (κ1) is 38.6. The Morgan fingerprint density at radius 2 is 1.75 bits per heavy atom. The van der Waals surface area contributed by atoms with Crippen LogP contribution in [0.2, 0.25) is 0 Å². The van der Waals surface area contributed by atoms with Gasteiger partial charge in [0.15, 0.2) is 5.66 Å². The number of piperidine rings is 2.